The molecule has 2 nitrogen and oxygen atoms in total. The van der Waals surface area contributed by atoms with E-state index in [2.05, 4.69) is 15.9 Å². The van der Waals surface area contributed by atoms with Crippen LogP contribution in [0.25, 0.3) is 0 Å². The molecule has 72 valence electrons. The third-order valence-corrected chi connectivity index (χ3v) is 2.95. The molecular formula is C9H11BrClNO. The van der Waals surface area contributed by atoms with Gasteiger partial charge in [0.15, 0.2) is 0 Å². The van der Waals surface area contributed by atoms with Gasteiger partial charge in [-0.3, -0.25) is 0 Å². The Morgan fingerprint density at radius 1 is 1.62 bits per heavy atom. The SMILES string of the molecule is COCC(N)c1ccc(Br)c(Cl)c1. The average Bonchev–Trinajstić information content (AvgIpc) is 2.10. The van der Waals surface area contributed by atoms with Crippen molar-refractivity contribution in [2.75, 3.05) is 13.7 Å². The van der Waals surface area contributed by atoms with Gasteiger partial charge in [0.25, 0.3) is 0 Å². The summed E-state index contributed by atoms with van der Waals surface area (Å²) in [5.74, 6) is 0. The van der Waals surface area contributed by atoms with Crippen molar-refractivity contribution in [3.05, 3.63) is 33.3 Å². The van der Waals surface area contributed by atoms with Crippen LogP contribution in [0.3, 0.4) is 0 Å². The quantitative estimate of drug-likeness (QED) is 0.911. The minimum atomic E-state index is -0.115. The van der Waals surface area contributed by atoms with Crippen LogP contribution < -0.4 is 5.73 Å². The van der Waals surface area contributed by atoms with E-state index in [1.165, 1.54) is 0 Å². The number of ether oxygens (including phenoxy) is 1. The van der Waals surface area contributed by atoms with E-state index in [1.807, 2.05) is 18.2 Å². The molecule has 4 heteroatoms. The van der Waals surface area contributed by atoms with E-state index < -0.39 is 0 Å². The Kier molecular flexibility index (Phi) is 4.19. The van der Waals surface area contributed by atoms with E-state index in [9.17, 15) is 0 Å². The first-order valence-corrected chi connectivity index (χ1v) is 5.01. The van der Waals surface area contributed by atoms with Gasteiger partial charge in [-0.15, -0.1) is 0 Å². The Hall–Kier alpha value is -0.0900. The first-order chi connectivity index (χ1) is 6.15. The van der Waals surface area contributed by atoms with Crippen LogP contribution in [0.5, 0.6) is 0 Å². The molecule has 0 saturated carbocycles. The maximum absolute atomic E-state index is 5.91. The highest BCUT2D eigenvalue weighted by atomic mass is 79.9. The minimum absolute atomic E-state index is 0.115. The molecule has 0 fully saturated rings. The second kappa shape index (κ2) is 4.96. The third kappa shape index (κ3) is 2.95. The molecule has 13 heavy (non-hydrogen) atoms. The molecule has 1 atom stereocenters. The summed E-state index contributed by atoms with van der Waals surface area (Å²) in [6.45, 7) is 0.498. The van der Waals surface area contributed by atoms with Crippen LogP contribution in [0.4, 0.5) is 0 Å². The fraction of sp³-hybridized carbons (Fsp3) is 0.333. The average molecular weight is 265 g/mol. The van der Waals surface area contributed by atoms with E-state index in [4.69, 9.17) is 22.1 Å². The van der Waals surface area contributed by atoms with Gasteiger partial charge in [-0.2, -0.15) is 0 Å². The van der Waals surface area contributed by atoms with Crippen molar-refractivity contribution in [1.29, 1.82) is 0 Å². The lowest BCUT2D eigenvalue weighted by Crippen LogP contribution is -2.15. The van der Waals surface area contributed by atoms with Gasteiger partial charge in [-0.1, -0.05) is 17.7 Å². The normalized spacial score (nSPS) is 12.9. The lowest BCUT2D eigenvalue weighted by Gasteiger charge is -2.11. The van der Waals surface area contributed by atoms with E-state index in [1.54, 1.807) is 7.11 Å². The van der Waals surface area contributed by atoms with Gasteiger partial charge in [0, 0.05) is 11.6 Å². The number of methoxy groups -OCH3 is 1. The number of nitrogens with two attached hydrogens (primary N) is 1. The first kappa shape index (κ1) is 11.0. The summed E-state index contributed by atoms with van der Waals surface area (Å²) in [5, 5.41) is 0.670. The molecular weight excluding hydrogens is 253 g/mol. The van der Waals surface area contributed by atoms with Crippen LogP contribution in [0.2, 0.25) is 5.02 Å². The summed E-state index contributed by atoms with van der Waals surface area (Å²) in [4.78, 5) is 0. The highest BCUT2D eigenvalue weighted by Crippen LogP contribution is 2.25. The highest BCUT2D eigenvalue weighted by molar-refractivity contribution is 9.10. The minimum Gasteiger partial charge on any atom is -0.383 e. The van der Waals surface area contributed by atoms with Crippen LogP contribution in [0.15, 0.2) is 22.7 Å². The Balaban J connectivity index is 2.84. The van der Waals surface area contributed by atoms with Gasteiger partial charge < -0.3 is 10.5 Å². The fourth-order valence-corrected chi connectivity index (χ4v) is 1.45. The van der Waals surface area contributed by atoms with Crippen LogP contribution in [-0.4, -0.2) is 13.7 Å². The van der Waals surface area contributed by atoms with Crippen molar-refractivity contribution in [2.45, 2.75) is 6.04 Å². The summed E-state index contributed by atoms with van der Waals surface area (Å²) in [5.41, 5.74) is 6.81. The van der Waals surface area contributed by atoms with Gasteiger partial charge in [0.2, 0.25) is 0 Å². The fourth-order valence-electron chi connectivity index (χ4n) is 1.02. The smallest absolute Gasteiger partial charge is 0.0655 e. The number of benzene rings is 1. The number of hydrogen-bond donors (Lipinski definition) is 1. The van der Waals surface area contributed by atoms with Crippen molar-refractivity contribution >= 4 is 27.5 Å². The number of hydrogen-bond acceptors (Lipinski definition) is 2. The molecule has 1 aromatic rings. The number of rotatable bonds is 3. The molecule has 1 unspecified atom stereocenters. The molecule has 0 amide bonds. The standard InChI is InChI=1S/C9H11BrClNO/c1-13-5-9(12)6-2-3-7(10)8(11)4-6/h2-4,9H,5,12H2,1H3. The monoisotopic (exact) mass is 263 g/mol. The second-order valence-electron chi connectivity index (χ2n) is 2.74. The van der Waals surface area contributed by atoms with Crippen LogP contribution in [0.1, 0.15) is 11.6 Å². The predicted octanol–water partition coefficient (Wildman–Crippen LogP) is 2.75. The molecule has 1 rings (SSSR count). The van der Waals surface area contributed by atoms with Crippen LogP contribution >= 0.6 is 27.5 Å². The van der Waals surface area contributed by atoms with E-state index >= 15 is 0 Å². The van der Waals surface area contributed by atoms with Gasteiger partial charge in [-0.25, -0.2) is 0 Å². The molecule has 0 aromatic heterocycles. The zero-order valence-electron chi connectivity index (χ0n) is 7.26. The lowest BCUT2D eigenvalue weighted by atomic mass is 10.1. The van der Waals surface area contributed by atoms with Crippen LogP contribution in [-0.2, 0) is 4.74 Å². The largest absolute Gasteiger partial charge is 0.383 e. The zero-order valence-corrected chi connectivity index (χ0v) is 9.60. The highest BCUT2D eigenvalue weighted by Gasteiger charge is 2.06. The zero-order chi connectivity index (χ0) is 9.84. The third-order valence-electron chi connectivity index (χ3n) is 1.72. The lowest BCUT2D eigenvalue weighted by molar-refractivity contribution is 0.181. The summed E-state index contributed by atoms with van der Waals surface area (Å²) in [6.07, 6.45) is 0. The summed E-state index contributed by atoms with van der Waals surface area (Å²) in [7, 11) is 1.63. The molecule has 0 saturated heterocycles. The van der Waals surface area contributed by atoms with Gasteiger partial charge in [-0.05, 0) is 33.6 Å². The molecule has 0 heterocycles. The Morgan fingerprint density at radius 3 is 2.85 bits per heavy atom. The molecule has 1 aromatic carbocycles. The summed E-state index contributed by atoms with van der Waals surface area (Å²) >= 11 is 9.23. The maximum atomic E-state index is 5.91. The molecule has 0 radical (unpaired) electrons. The van der Waals surface area contributed by atoms with Gasteiger partial charge >= 0.3 is 0 Å². The Bertz CT molecular complexity index is 293. The van der Waals surface area contributed by atoms with Crippen molar-refractivity contribution in [3.8, 4) is 0 Å². The Morgan fingerprint density at radius 2 is 2.31 bits per heavy atom. The number of halogens is 2. The van der Waals surface area contributed by atoms with E-state index in [-0.39, 0.29) is 6.04 Å². The molecule has 0 aliphatic carbocycles. The summed E-state index contributed by atoms with van der Waals surface area (Å²) < 4.78 is 5.83. The van der Waals surface area contributed by atoms with Crippen LogP contribution in [0, 0.1) is 0 Å². The predicted molar refractivity (Wildman–Crippen MR) is 58.0 cm³/mol. The summed E-state index contributed by atoms with van der Waals surface area (Å²) in [6, 6.07) is 5.54. The topological polar surface area (TPSA) is 35.2 Å². The first-order valence-electron chi connectivity index (χ1n) is 3.84. The molecule has 2 N–H and O–H groups in total. The second-order valence-corrected chi connectivity index (χ2v) is 4.00. The van der Waals surface area contributed by atoms with Crippen molar-refractivity contribution in [2.24, 2.45) is 5.73 Å². The van der Waals surface area contributed by atoms with E-state index in [0.29, 0.717) is 11.6 Å². The molecule has 0 spiro atoms. The molecule has 0 aliphatic heterocycles. The Labute approximate surface area is 91.2 Å². The van der Waals surface area contributed by atoms with Crippen molar-refractivity contribution in [1.82, 2.24) is 0 Å². The van der Waals surface area contributed by atoms with Crippen molar-refractivity contribution in [3.63, 3.8) is 0 Å². The maximum Gasteiger partial charge on any atom is 0.0655 e. The van der Waals surface area contributed by atoms with Gasteiger partial charge in [0.1, 0.15) is 0 Å². The molecule has 0 aliphatic rings. The van der Waals surface area contributed by atoms with Gasteiger partial charge in [0.05, 0.1) is 17.7 Å². The molecule has 0 bridgehead atoms. The van der Waals surface area contributed by atoms with E-state index in [0.717, 1.165) is 10.0 Å². The van der Waals surface area contributed by atoms with Crippen molar-refractivity contribution < 1.29 is 4.74 Å².